The van der Waals surface area contributed by atoms with Gasteiger partial charge in [0.1, 0.15) is 5.60 Å². The van der Waals surface area contributed by atoms with Gasteiger partial charge in [-0.2, -0.15) is 4.98 Å². The highest BCUT2D eigenvalue weighted by Gasteiger charge is 2.39. The first-order valence-electron chi connectivity index (χ1n) is 7.53. The third-order valence-electron chi connectivity index (χ3n) is 4.34. The zero-order valence-electron chi connectivity index (χ0n) is 11.7. The van der Waals surface area contributed by atoms with Gasteiger partial charge in [-0.3, -0.25) is 0 Å². The van der Waals surface area contributed by atoms with Gasteiger partial charge in [0, 0.05) is 13.2 Å². The molecular weight excluding hydrogens is 242 g/mol. The van der Waals surface area contributed by atoms with E-state index in [2.05, 4.69) is 15.5 Å². The fourth-order valence-electron chi connectivity index (χ4n) is 3.28. The van der Waals surface area contributed by atoms with E-state index in [9.17, 15) is 0 Å². The Balaban J connectivity index is 1.81. The highest BCUT2D eigenvalue weighted by atomic mass is 16.5. The molecule has 2 fully saturated rings. The summed E-state index contributed by atoms with van der Waals surface area (Å²) in [5, 5.41) is 7.57. The average Bonchev–Trinajstić information content (AvgIpc) is 3.11. The van der Waals surface area contributed by atoms with Crippen LogP contribution in [0.4, 0.5) is 0 Å². The van der Waals surface area contributed by atoms with Crippen LogP contribution in [-0.2, 0) is 10.3 Å². The first-order chi connectivity index (χ1) is 9.34. The Morgan fingerprint density at radius 2 is 2.21 bits per heavy atom. The van der Waals surface area contributed by atoms with Crippen molar-refractivity contribution in [3.63, 3.8) is 0 Å². The average molecular weight is 265 g/mol. The van der Waals surface area contributed by atoms with Crippen LogP contribution in [0.3, 0.4) is 0 Å². The van der Waals surface area contributed by atoms with Crippen molar-refractivity contribution in [2.75, 3.05) is 19.7 Å². The maximum Gasteiger partial charge on any atom is 0.231 e. The van der Waals surface area contributed by atoms with E-state index >= 15 is 0 Å². The quantitative estimate of drug-likeness (QED) is 0.905. The number of rotatable bonds is 4. The maximum absolute atomic E-state index is 6.03. The largest absolute Gasteiger partial charge is 0.367 e. The van der Waals surface area contributed by atoms with Gasteiger partial charge in [-0.25, -0.2) is 0 Å². The number of aromatic nitrogens is 2. The summed E-state index contributed by atoms with van der Waals surface area (Å²) in [5.41, 5.74) is -0.291. The van der Waals surface area contributed by atoms with E-state index in [1.165, 1.54) is 19.3 Å². The van der Waals surface area contributed by atoms with Crippen LogP contribution in [0.25, 0.3) is 0 Å². The molecule has 2 heterocycles. The molecule has 1 unspecified atom stereocenters. The summed E-state index contributed by atoms with van der Waals surface area (Å²) in [4.78, 5) is 4.66. The van der Waals surface area contributed by atoms with Gasteiger partial charge in [0.15, 0.2) is 0 Å². The molecule has 1 aromatic rings. The molecule has 5 nitrogen and oxygen atoms in total. The summed E-state index contributed by atoms with van der Waals surface area (Å²) < 4.78 is 11.5. The number of nitrogens with one attached hydrogen (secondary N) is 1. The van der Waals surface area contributed by atoms with Crippen molar-refractivity contribution < 1.29 is 9.26 Å². The lowest BCUT2D eigenvalue weighted by Crippen LogP contribution is -2.33. The van der Waals surface area contributed by atoms with E-state index in [0.717, 1.165) is 44.1 Å². The van der Waals surface area contributed by atoms with Gasteiger partial charge in [-0.05, 0) is 32.7 Å². The first kappa shape index (κ1) is 13.1. The molecule has 1 atom stereocenters. The summed E-state index contributed by atoms with van der Waals surface area (Å²) in [7, 11) is 0. The molecule has 1 aromatic heterocycles. The Kier molecular flexibility index (Phi) is 3.84. The van der Waals surface area contributed by atoms with Crippen LogP contribution >= 0.6 is 0 Å². The minimum absolute atomic E-state index is 0.291. The van der Waals surface area contributed by atoms with Crippen molar-refractivity contribution in [3.05, 3.63) is 11.7 Å². The third-order valence-corrected chi connectivity index (χ3v) is 4.34. The van der Waals surface area contributed by atoms with Crippen molar-refractivity contribution in [2.45, 2.75) is 57.0 Å². The van der Waals surface area contributed by atoms with Gasteiger partial charge in [0.05, 0.1) is 5.92 Å². The summed E-state index contributed by atoms with van der Waals surface area (Å²) in [6, 6.07) is 0. The topological polar surface area (TPSA) is 60.2 Å². The molecule has 106 valence electrons. The molecule has 1 aliphatic heterocycles. The number of hydrogen-bond acceptors (Lipinski definition) is 5. The fraction of sp³-hybridized carbons (Fsp3) is 0.857. The Labute approximate surface area is 114 Å². The third kappa shape index (κ3) is 2.54. The molecule has 1 N–H and O–H groups in total. The van der Waals surface area contributed by atoms with Crippen LogP contribution in [0.2, 0.25) is 0 Å². The molecule has 2 aliphatic rings. The Hall–Kier alpha value is -0.940. The van der Waals surface area contributed by atoms with Crippen LogP contribution < -0.4 is 5.32 Å². The van der Waals surface area contributed by atoms with E-state index < -0.39 is 0 Å². The zero-order chi connectivity index (χ0) is 13.1. The van der Waals surface area contributed by atoms with E-state index in [1.54, 1.807) is 0 Å². The summed E-state index contributed by atoms with van der Waals surface area (Å²) in [6.07, 6.45) is 6.78. The van der Waals surface area contributed by atoms with Gasteiger partial charge in [-0.1, -0.05) is 24.4 Å². The maximum atomic E-state index is 6.03. The van der Waals surface area contributed by atoms with Gasteiger partial charge in [0.25, 0.3) is 0 Å². The van der Waals surface area contributed by atoms with Crippen molar-refractivity contribution >= 4 is 0 Å². The molecule has 1 saturated carbocycles. The van der Waals surface area contributed by atoms with E-state index in [0.29, 0.717) is 12.5 Å². The highest BCUT2D eigenvalue weighted by Crippen LogP contribution is 2.39. The van der Waals surface area contributed by atoms with Crippen molar-refractivity contribution in [2.24, 2.45) is 0 Å². The summed E-state index contributed by atoms with van der Waals surface area (Å²) in [5.74, 6) is 1.93. The molecule has 1 aliphatic carbocycles. The van der Waals surface area contributed by atoms with Crippen molar-refractivity contribution in [1.82, 2.24) is 15.5 Å². The molecule has 5 heteroatoms. The Morgan fingerprint density at radius 1 is 1.37 bits per heavy atom. The summed E-state index contributed by atoms with van der Waals surface area (Å²) in [6.45, 7) is 4.73. The second-order valence-electron chi connectivity index (χ2n) is 5.63. The zero-order valence-corrected chi connectivity index (χ0v) is 11.7. The van der Waals surface area contributed by atoms with Crippen LogP contribution in [0.1, 0.15) is 63.1 Å². The van der Waals surface area contributed by atoms with Crippen LogP contribution in [-0.4, -0.2) is 29.8 Å². The smallest absolute Gasteiger partial charge is 0.231 e. The predicted octanol–water partition coefficient (Wildman–Crippen LogP) is 2.34. The number of nitrogens with zero attached hydrogens (tertiary/aromatic N) is 2. The second kappa shape index (κ2) is 5.59. The van der Waals surface area contributed by atoms with Crippen molar-refractivity contribution in [1.29, 1.82) is 0 Å². The number of hydrogen-bond donors (Lipinski definition) is 1. The second-order valence-corrected chi connectivity index (χ2v) is 5.63. The monoisotopic (exact) mass is 265 g/mol. The molecule has 19 heavy (non-hydrogen) atoms. The van der Waals surface area contributed by atoms with Crippen LogP contribution in [0, 0.1) is 0 Å². The lowest BCUT2D eigenvalue weighted by Gasteiger charge is -2.33. The Morgan fingerprint density at radius 3 is 2.89 bits per heavy atom. The fourth-order valence-corrected chi connectivity index (χ4v) is 3.28. The Bertz CT molecular complexity index is 401. The van der Waals surface area contributed by atoms with Gasteiger partial charge < -0.3 is 14.6 Å². The van der Waals surface area contributed by atoms with Gasteiger partial charge in [0.2, 0.25) is 11.7 Å². The highest BCUT2D eigenvalue weighted by molar-refractivity contribution is 5.06. The summed E-state index contributed by atoms with van der Waals surface area (Å²) >= 11 is 0. The molecule has 0 bridgehead atoms. The first-order valence-corrected chi connectivity index (χ1v) is 7.53. The minimum Gasteiger partial charge on any atom is -0.367 e. The predicted molar refractivity (Wildman–Crippen MR) is 70.9 cm³/mol. The molecular formula is C14H23N3O2. The molecule has 1 saturated heterocycles. The molecule has 0 aromatic carbocycles. The van der Waals surface area contributed by atoms with Gasteiger partial charge in [-0.15, -0.1) is 0 Å². The van der Waals surface area contributed by atoms with Crippen LogP contribution in [0.15, 0.2) is 4.52 Å². The van der Waals surface area contributed by atoms with Gasteiger partial charge >= 0.3 is 0 Å². The molecule has 0 amide bonds. The van der Waals surface area contributed by atoms with E-state index in [1.807, 2.05) is 6.92 Å². The lowest BCUT2D eigenvalue weighted by atomic mass is 9.84. The van der Waals surface area contributed by atoms with E-state index in [-0.39, 0.29) is 5.60 Å². The van der Waals surface area contributed by atoms with Crippen LogP contribution in [0.5, 0.6) is 0 Å². The number of ether oxygens (including phenoxy) is 1. The SMILES string of the molecule is CCOC1(c2noc(C3CCNC3)n2)CCCCC1. The molecule has 3 rings (SSSR count). The molecule has 0 spiro atoms. The standard InChI is InChI=1S/C14H23N3O2/c1-2-18-14(7-4-3-5-8-14)13-16-12(19-17-13)11-6-9-15-10-11/h11,15H,2-10H2,1H3. The normalized spacial score (nSPS) is 26.7. The van der Waals surface area contributed by atoms with Crippen molar-refractivity contribution in [3.8, 4) is 0 Å². The molecule has 0 radical (unpaired) electrons. The van der Waals surface area contributed by atoms with E-state index in [4.69, 9.17) is 9.26 Å². The lowest BCUT2D eigenvalue weighted by molar-refractivity contribution is -0.0777. The minimum atomic E-state index is -0.291.